The SMILES string of the molecule is CC(NCc1cnc[nH]1)c1cccc(-n2cnnn2)c1. The molecule has 0 spiro atoms. The fourth-order valence-electron chi connectivity index (χ4n) is 1.98. The smallest absolute Gasteiger partial charge is 0.143 e. The topological polar surface area (TPSA) is 84.3 Å². The van der Waals surface area contributed by atoms with Gasteiger partial charge in [-0.1, -0.05) is 12.1 Å². The Balaban J connectivity index is 1.71. The van der Waals surface area contributed by atoms with E-state index in [4.69, 9.17) is 0 Å². The average Bonchev–Trinajstić information content (AvgIpc) is 3.18. The van der Waals surface area contributed by atoms with Crippen molar-refractivity contribution in [2.24, 2.45) is 0 Å². The van der Waals surface area contributed by atoms with Gasteiger partial charge in [0.25, 0.3) is 0 Å². The Kier molecular flexibility index (Phi) is 3.51. The van der Waals surface area contributed by atoms with Crippen molar-refractivity contribution < 1.29 is 0 Å². The van der Waals surface area contributed by atoms with Gasteiger partial charge in [0.1, 0.15) is 6.33 Å². The van der Waals surface area contributed by atoms with Crippen LogP contribution in [0.5, 0.6) is 0 Å². The summed E-state index contributed by atoms with van der Waals surface area (Å²) in [7, 11) is 0. The normalized spacial score (nSPS) is 12.4. The van der Waals surface area contributed by atoms with Crippen molar-refractivity contribution in [3.8, 4) is 5.69 Å². The Morgan fingerprint density at radius 1 is 1.40 bits per heavy atom. The number of hydrogen-bond donors (Lipinski definition) is 2. The molecule has 0 fully saturated rings. The third-order valence-electron chi connectivity index (χ3n) is 3.14. The maximum Gasteiger partial charge on any atom is 0.143 e. The van der Waals surface area contributed by atoms with Crippen LogP contribution in [0.4, 0.5) is 0 Å². The van der Waals surface area contributed by atoms with E-state index in [0.717, 1.165) is 17.9 Å². The Bertz CT molecular complexity index is 645. The predicted octanol–water partition coefficient (Wildman–Crippen LogP) is 1.24. The molecule has 1 aromatic carbocycles. The number of nitrogens with one attached hydrogen (secondary N) is 2. The number of nitrogens with zero attached hydrogens (tertiary/aromatic N) is 5. The highest BCUT2D eigenvalue weighted by molar-refractivity contribution is 5.35. The van der Waals surface area contributed by atoms with Gasteiger partial charge < -0.3 is 10.3 Å². The van der Waals surface area contributed by atoms with E-state index in [1.165, 1.54) is 5.56 Å². The van der Waals surface area contributed by atoms with Crippen LogP contribution in [0.1, 0.15) is 24.2 Å². The maximum absolute atomic E-state index is 4.00. The van der Waals surface area contributed by atoms with Gasteiger partial charge >= 0.3 is 0 Å². The number of hydrogen-bond acceptors (Lipinski definition) is 5. The molecule has 0 bridgehead atoms. The van der Waals surface area contributed by atoms with E-state index in [1.807, 2.05) is 18.3 Å². The van der Waals surface area contributed by atoms with Gasteiger partial charge in [-0.25, -0.2) is 9.67 Å². The Hall–Kier alpha value is -2.54. The first kappa shape index (κ1) is 12.5. The lowest BCUT2D eigenvalue weighted by atomic mass is 10.1. The summed E-state index contributed by atoms with van der Waals surface area (Å²) in [5.74, 6) is 0. The van der Waals surface area contributed by atoms with Crippen LogP contribution in [0.2, 0.25) is 0 Å². The van der Waals surface area contributed by atoms with Gasteiger partial charge in [-0.3, -0.25) is 0 Å². The maximum atomic E-state index is 4.00. The quantitative estimate of drug-likeness (QED) is 0.728. The molecule has 0 aliphatic carbocycles. The van der Waals surface area contributed by atoms with Crippen LogP contribution in [0.3, 0.4) is 0 Å². The molecule has 20 heavy (non-hydrogen) atoms. The Morgan fingerprint density at radius 2 is 2.35 bits per heavy atom. The van der Waals surface area contributed by atoms with Crippen LogP contribution in [0, 0.1) is 0 Å². The second kappa shape index (κ2) is 5.62. The van der Waals surface area contributed by atoms with Crippen LogP contribution in [0.15, 0.2) is 43.1 Å². The predicted molar refractivity (Wildman–Crippen MR) is 73.0 cm³/mol. The highest BCUT2D eigenvalue weighted by atomic mass is 15.5. The summed E-state index contributed by atoms with van der Waals surface area (Å²) in [5, 5.41) is 14.6. The molecular weight excluding hydrogens is 254 g/mol. The molecule has 0 saturated heterocycles. The fraction of sp³-hybridized carbons (Fsp3) is 0.231. The summed E-state index contributed by atoms with van der Waals surface area (Å²) < 4.78 is 1.64. The molecule has 7 heteroatoms. The van der Waals surface area contributed by atoms with Crippen molar-refractivity contribution in [3.05, 3.63) is 54.4 Å². The van der Waals surface area contributed by atoms with Crippen molar-refractivity contribution in [2.75, 3.05) is 0 Å². The average molecular weight is 269 g/mol. The van der Waals surface area contributed by atoms with Crippen molar-refractivity contribution in [1.29, 1.82) is 0 Å². The molecule has 2 aromatic heterocycles. The minimum Gasteiger partial charge on any atom is -0.347 e. The molecule has 0 radical (unpaired) electrons. The van der Waals surface area contributed by atoms with Crippen molar-refractivity contribution in [2.45, 2.75) is 19.5 Å². The summed E-state index contributed by atoms with van der Waals surface area (Å²) in [6, 6.07) is 8.34. The Morgan fingerprint density at radius 3 is 3.10 bits per heavy atom. The third kappa shape index (κ3) is 2.72. The lowest BCUT2D eigenvalue weighted by Crippen LogP contribution is -2.18. The Labute approximate surface area is 116 Å². The van der Waals surface area contributed by atoms with Crippen molar-refractivity contribution in [1.82, 2.24) is 35.5 Å². The number of rotatable bonds is 5. The number of H-pyrrole nitrogens is 1. The molecule has 1 atom stereocenters. The molecule has 7 nitrogen and oxygen atoms in total. The summed E-state index contributed by atoms with van der Waals surface area (Å²) in [6.07, 6.45) is 5.08. The van der Waals surface area contributed by atoms with Gasteiger partial charge in [-0.05, 0) is 35.0 Å². The van der Waals surface area contributed by atoms with E-state index in [9.17, 15) is 0 Å². The van der Waals surface area contributed by atoms with E-state index in [2.05, 4.69) is 49.9 Å². The minimum absolute atomic E-state index is 0.217. The number of imidazole rings is 1. The highest BCUT2D eigenvalue weighted by Crippen LogP contribution is 2.16. The first-order chi connectivity index (χ1) is 9.83. The van der Waals surface area contributed by atoms with E-state index in [-0.39, 0.29) is 6.04 Å². The van der Waals surface area contributed by atoms with Crippen LogP contribution in [-0.4, -0.2) is 30.2 Å². The molecule has 2 N–H and O–H groups in total. The van der Waals surface area contributed by atoms with E-state index >= 15 is 0 Å². The largest absolute Gasteiger partial charge is 0.347 e. The van der Waals surface area contributed by atoms with Gasteiger partial charge in [0.15, 0.2) is 0 Å². The second-order valence-electron chi connectivity index (χ2n) is 4.53. The van der Waals surface area contributed by atoms with Crippen LogP contribution >= 0.6 is 0 Å². The zero-order valence-corrected chi connectivity index (χ0v) is 11.1. The summed E-state index contributed by atoms with van der Waals surface area (Å²) in [6.45, 7) is 2.87. The third-order valence-corrected chi connectivity index (χ3v) is 3.14. The lowest BCUT2D eigenvalue weighted by Gasteiger charge is -2.14. The second-order valence-corrected chi connectivity index (χ2v) is 4.53. The first-order valence-corrected chi connectivity index (χ1v) is 6.37. The molecule has 3 aromatic rings. The highest BCUT2D eigenvalue weighted by Gasteiger charge is 2.07. The number of aromatic amines is 1. The molecular formula is C13H15N7. The van der Waals surface area contributed by atoms with Gasteiger partial charge in [0.05, 0.1) is 12.0 Å². The summed E-state index contributed by atoms with van der Waals surface area (Å²) in [5.41, 5.74) is 3.19. The molecule has 0 aliphatic heterocycles. The van der Waals surface area contributed by atoms with Crippen molar-refractivity contribution in [3.63, 3.8) is 0 Å². The monoisotopic (exact) mass is 269 g/mol. The molecule has 102 valence electrons. The molecule has 0 saturated carbocycles. The van der Waals surface area contributed by atoms with E-state index in [0.29, 0.717) is 0 Å². The number of tetrazole rings is 1. The van der Waals surface area contributed by atoms with Gasteiger partial charge in [-0.15, -0.1) is 5.10 Å². The number of benzene rings is 1. The van der Waals surface area contributed by atoms with Crippen LogP contribution in [0.25, 0.3) is 5.69 Å². The first-order valence-electron chi connectivity index (χ1n) is 6.37. The van der Waals surface area contributed by atoms with Gasteiger partial charge in [0, 0.05) is 24.5 Å². The van der Waals surface area contributed by atoms with Crippen molar-refractivity contribution >= 4 is 0 Å². The molecule has 2 heterocycles. The molecule has 0 aliphatic rings. The van der Waals surface area contributed by atoms with Crippen LogP contribution in [-0.2, 0) is 6.54 Å². The molecule has 3 rings (SSSR count). The van der Waals surface area contributed by atoms with Gasteiger partial charge in [0.2, 0.25) is 0 Å². The standard InChI is InChI=1S/C13H15N7/c1-10(15-7-12-6-14-8-16-12)11-3-2-4-13(5-11)20-9-17-18-19-20/h2-6,8-10,15H,7H2,1H3,(H,14,16). The fourth-order valence-corrected chi connectivity index (χ4v) is 1.98. The lowest BCUT2D eigenvalue weighted by molar-refractivity contribution is 0.568. The zero-order chi connectivity index (χ0) is 13.8. The van der Waals surface area contributed by atoms with Gasteiger partial charge in [-0.2, -0.15) is 0 Å². The number of aromatic nitrogens is 6. The molecule has 0 amide bonds. The van der Waals surface area contributed by atoms with E-state index in [1.54, 1.807) is 17.3 Å². The molecule has 1 unspecified atom stereocenters. The van der Waals surface area contributed by atoms with E-state index < -0.39 is 0 Å². The zero-order valence-electron chi connectivity index (χ0n) is 11.1. The minimum atomic E-state index is 0.217. The summed E-state index contributed by atoms with van der Waals surface area (Å²) in [4.78, 5) is 7.07. The van der Waals surface area contributed by atoms with Crippen LogP contribution < -0.4 is 5.32 Å². The summed E-state index contributed by atoms with van der Waals surface area (Å²) >= 11 is 0.